The number of rotatable bonds is 5. The first-order chi connectivity index (χ1) is 9.22. The van der Waals surface area contributed by atoms with Crippen molar-refractivity contribution in [2.45, 2.75) is 25.4 Å². The van der Waals surface area contributed by atoms with Gasteiger partial charge in [-0.2, -0.15) is 5.26 Å². The second kappa shape index (κ2) is 7.01. The van der Waals surface area contributed by atoms with Gasteiger partial charge in [-0.25, -0.2) is 0 Å². The third-order valence-corrected chi connectivity index (χ3v) is 4.65. The fourth-order valence-electron chi connectivity index (χ4n) is 2.60. The molecule has 1 aromatic rings. The lowest BCUT2D eigenvalue weighted by Gasteiger charge is -2.36. The Kier molecular flexibility index (Phi) is 5.34. The maximum absolute atomic E-state index is 9.25. The minimum atomic E-state index is 0.197. The van der Waals surface area contributed by atoms with Crippen LogP contribution in [0.15, 0.2) is 11.4 Å². The van der Waals surface area contributed by atoms with Crippen LogP contribution < -0.4 is 0 Å². The number of nitriles is 1. The highest BCUT2D eigenvalue weighted by atomic mass is 32.1. The van der Waals surface area contributed by atoms with Crippen LogP contribution in [0.5, 0.6) is 0 Å². The van der Waals surface area contributed by atoms with Crippen molar-refractivity contribution >= 4 is 11.3 Å². The van der Waals surface area contributed by atoms with E-state index in [2.05, 4.69) is 22.9 Å². The Bertz CT molecular complexity index is 432. The molecule has 2 heterocycles. The van der Waals surface area contributed by atoms with Crippen molar-refractivity contribution < 1.29 is 5.11 Å². The maximum atomic E-state index is 9.25. The SMILES string of the molecule is CN1CCC(N(CCO)Cc2cc(C#N)cs2)CC1. The molecule has 1 aromatic heterocycles. The summed E-state index contributed by atoms with van der Waals surface area (Å²) < 4.78 is 0. The van der Waals surface area contributed by atoms with Gasteiger partial charge in [0.1, 0.15) is 6.07 Å². The van der Waals surface area contributed by atoms with Crippen molar-refractivity contribution in [2.75, 3.05) is 33.3 Å². The van der Waals surface area contributed by atoms with E-state index in [1.54, 1.807) is 11.3 Å². The summed E-state index contributed by atoms with van der Waals surface area (Å²) in [5.41, 5.74) is 0.743. The molecule has 0 spiro atoms. The lowest BCUT2D eigenvalue weighted by Crippen LogP contribution is -2.44. The fraction of sp³-hybridized carbons (Fsp3) is 0.643. The minimum absolute atomic E-state index is 0.197. The third-order valence-electron chi connectivity index (χ3n) is 3.73. The van der Waals surface area contributed by atoms with Crippen LogP contribution in [0.25, 0.3) is 0 Å². The average Bonchev–Trinajstić information content (AvgIpc) is 2.87. The largest absolute Gasteiger partial charge is 0.395 e. The predicted molar refractivity (Wildman–Crippen MR) is 77.0 cm³/mol. The molecule has 1 saturated heterocycles. The average molecular weight is 279 g/mol. The van der Waals surface area contributed by atoms with E-state index in [1.807, 2.05) is 11.4 Å². The highest BCUT2D eigenvalue weighted by Crippen LogP contribution is 2.21. The summed E-state index contributed by atoms with van der Waals surface area (Å²) in [6, 6.07) is 4.69. The van der Waals surface area contributed by atoms with Gasteiger partial charge in [-0.1, -0.05) is 0 Å². The summed E-state index contributed by atoms with van der Waals surface area (Å²) in [7, 11) is 2.16. The number of aliphatic hydroxyl groups excluding tert-OH is 1. The van der Waals surface area contributed by atoms with Gasteiger partial charge in [-0.15, -0.1) is 11.3 Å². The van der Waals surface area contributed by atoms with E-state index in [4.69, 9.17) is 5.26 Å². The molecule has 0 amide bonds. The number of hydrogen-bond acceptors (Lipinski definition) is 5. The third kappa shape index (κ3) is 4.02. The molecule has 4 nitrogen and oxygen atoms in total. The molecule has 1 aliphatic rings. The van der Waals surface area contributed by atoms with Gasteiger partial charge < -0.3 is 10.0 Å². The zero-order valence-electron chi connectivity index (χ0n) is 11.4. The quantitative estimate of drug-likeness (QED) is 0.887. The molecule has 0 aromatic carbocycles. The van der Waals surface area contributed by atoms with E-state index in [0.717, 1.165) is 38.0 Å². The summed E-state index contributed by atoms with van der Waals surface area (Å²) in [5.74, 6) is 0. The Morgan fingerprint density at radius 1 is 1.53 bits per heavy atom. The fourth-order valence-corrected chi connectivity index (χ4v) is 3.44. The first-order valence-electron chi connectivity index (χ1n) is 6.74. The molecule has 1 fully saturated rings. The van der Waals surface area contributed by atoms with Crippen molar-refractivity contribution in [3.05, 3.63) is 21.9 Å². The first-order valence-corrected chi connectivity index (χ1v) is 7.62. The Morgan fingerprint density at radius 2 is 2.26 bits per heavy atom. The van der Waals surface area contributed by atoms with Gasteiger partial charge >= 0.3 is 0 Å². The van der Waals surface area contributed by atoms with Gasteiger partial charge in [0.05, 0.1) is 12.2 Å². The smallest absolute Gasteiger partial charge is 0.100 e. The molecular formula is C14H21N3OS. The summed E-state index contributed by atoms with van der Waals surface area (Å²) in [6.45, 7) is 4.01. The Morgan fingerprint density at radius 3 is 2.84 bits per heavy atom. The number of aliphatic hydroxyl groups is 1. The zero-order valence-corrected chi connectivity index (χ0v) is 12.2. The highest BCUT2D eigenvalue weighted by Gasteiger charge is 2.23. The normalized spacial score (nSPS) is 17.8. The molecule has 0 bridgehead atoms. The van der Waals surface area contributed by atoms with Crippen molar-refractivity contribution in [3.63, 3.8) is 0 Å². The van der Waals surface area contributed by atoms with Gasteiger partial charge in [-0.3, -0.25) is 4.90 Å². The van der Waals surface area contributed by atoms with E-state index in [0.29, 0.717) is 12.6 Å². The lowest BCUT2D eigenvalue weighted by molar-refractivity contribution is 0.0949. The number of likely N-dealkylation sites (tertiary alicyclic amines) is 1. The van der Waals surface area contributed by atoms with Crippen LogP contribution in [0.1, 0.15) is 23.3 Å². The Hall–Kier alpha value is -0.930. The minimum Gasteiger partial charge on any atom is -0.395 e. The van der Waals surface area contributed by atoms with Crippen molar-refractivity contribution in [3.8, 4) is 6.07 Å². The molecule has 0 aliphatic carbocycles. The van der Waals surface area contributed by atoms with Crippen LogP contribution in [0, 0.1) is 11.3 Å². The van der Waals surface area contributed by atoms with Crippen LogP contribution in [0.3, 0.4) is 0 Å². The van der Waals surface area contributed by atoms with Crippen LogP contribution in [0.2, 0.25) is 0 Å². The summed E-state index contributed by atoms with van der Waals surface area (Å²) in [6.07, 6.45) is 2.32. The van der Waals surface area contributed by atoms with E-state index >= 15 is 0 Å². The van der Waals surface area contributed by atoms with Crippen molar-refractivity contribution in [2.24, 2.45) is 0 Å². The van der Waals surface area contributed by atoms with Crippen LogP contribution in [-0.2, 0) is 6.54 Å². The molecule has 104 valence electrons. The number of thiophene rings is 1. The molecule has 2 rings (SSSR count). The Balaban J connectivity index is 1.97. The molecular weight excluding hydrogens is 258 g/mol. The molecule has 5 heteroatoms. The van der Waals surface area contributed by atoms with Gasteiger partial charge in [0.25, 0.3) is 0 Å². The molecule has 0 radical (unpaired) electrons. The highest BCUT2D eigenvalue weighted by molar-refractivity contribution is 7.10. The summed E-state index contributed by atoms with van der Waals surface area (Å²) in [5, 5.41) is 20.0. The van der Waals surface area contributed by atoms with Gasteiger partial charge in [0.15, 0.2) is 0 Å². The topological polar surface area (TPSA) is 50.5 Å². The van der Waals surface area contributed by atoms with Crippen molar-refractivity contribution in [1.29, 1.82) is 5.26 Å². The Labute approximate surface area is 118 Å². The summed E-state index contributed by atoms with van der Waals surface area (Å²) in [4.78, 5) is 5.93. The predicted octanol–water partition coefficient (Wildman–Crippen LogP) is 1.51. The standard InChI is InChI=1S/C14H21N3OS/c1-16-4-2-13(3-5-16)17(6-7-18)10-14-8-12(9-15)11-19-14/h8,11,13,18H,2-7,10H2,1H3. The summed E-state index contributed by atoms with van der Waals surface area (Å²) >= 11 is 1.64. The molecule has 19 heavy (non-hydrogen) atoms. The van der Waals surface area contributed by atoms with E-state index in [-0.39, 0.29) is 6.61 Å². The molecule has 0 unspecified atom stereocenters. The molecule has 0 saturated carbocycles. The number of hydrogen-bond donors (Lipinski definition) is 1. The van der Waals surface area contributed by atoms with Crippen LogP contribution in [0.4, 0.5) is 0 Å². The molecule has 1 aliphatic heterocycles. The van der Waals surface area contributed by atoms with Crippen molar-refractivity contribution in [1.82, 2.24) is 9.80 Å². The molecule has 1 N–H and O–H groups in total. The second-order valence-corrected chi connectivity index (χ2v) is 6.14. The number of piperidine rings is 1. The van der Waals surface area contributed by atoms with E-state index in [9.17, 15) is 5.11 Å². The van der Waals surface area contributed by atoms with Gasteiger partial charge in [0, 0.05) is 29.4 Å². The zero-order chi connectivity index (χ0) is 13.7. The van der Waals surface area contributed by atoms with Gasteiger partial charge in [-0.05, 0) is 39.0 Å². The second-order valence-electron chi connectivity index (χ2n) is 5.14. The first kappa shape index (κ1) is 14.5. The van der Waals surface area contributed by atoms with Gasteiger partial charge in [0.2, 0.25) is 0 Å². The van der Waals surface area contributed by atoms with E-state index < -0.39 is 0 Å². The monoisotopic (exact) mass is 279 g/mol. The maximum Gasteiger partial charge on any atom is 0.100 e. The van der Waals surface area contributed by atoms with E-state index in [1.165, 1.54) is 4.88 Å². The lowest BCUT2D eigenvalue weighted by atomic mass is 10.0. The number of nitrogens with zero attached hydrogens (tertiary/aromatic N) is 3. The van der Waals surface area contributed by atoms with Crippen LogP contribution >= 0.6 is 11.3 Å². The molecule has 0 atom stereocenters. The van der Waals surface area contributed by atoms with Crippen LogP contribution in [-0.4, -0.2) is 54.2 Å².